The lowest BCUT2D eigenvalue weighted by Crippen LogP contribution is -2.19. The van der Waals surface area contributed by atoms with Gasteiger partial charge in [-0.2, -0.15) is 0 Å². The zero-order chi connectivity index (χ0) is 9.47. The van der Waals surface area contributed by atoms with E-state index in [1.165, 1.54) is 0 Å². The summed E-state index contributed by atoms with van der Waals surface area (Å²) in [4.78, 5) is 0. The Balaban J connectivity index is 2.45. The summed E-state index contributed by atoms with van der Waals surface area (Å²) in [7, 11) is 1.59. The van der Waals surface area contributed by atoms with Crippen LogP contribution in [0.25, 0.3) is 0 Å². The molecule has 1 saturated carbocycles. The van der Waals surface area contributed by atoms with E-state index in [2.05, 4.69) is 0 Å². The van der Waals surface area contributed by atoms with Crippen LogP contribution >= 0.6 is 0 Å². The smallest absolute Gasteiger partial charge is 0.127 e. The molecule has 1 aromatic rings. The van der Waals surface area contributed by atoms with Crippen LogP contribution in [0.5, 0.6) is 11.5 Å². The molecule has 1 aliphatic rings. The summed E-state index contributed by atoms with van der Waals surface area (Å²) in [5.74, 6) is 0.893. The van der Waals surface area contributed by atoms with Crippen molar-refractivity contribution in [1.29, 1.82) is 0 Å². The molecule has 1 aromatic carbocycles. The van der Waals surface area contributed by atoms with E-state index < -0.39 is 0 Å². The van der Waals surface area contributed by atoms with Gasteiger partial charge in [-0.05, 0) is 25.0 Å². The van der Waals surface area contributed by atoms with E-state index in [9.17, 15) is 5.11 Å². The van der Waals surface area contributed by atoms with Crippen LogP contribution in [0.1, 0.15) is 18.4 Å². The predicted molar refractivity (Wildman–Crippen MR) is 49.8 cm³/mol. The third-order valence-corrected chi connectivity index (χ3v) is 2.51. The molecule has 0 aromatic heterocycles. The van der Waals surface area contributed by atoms with Crippen LogP contribution in [-0.4, -0.2) is 12.2 Å². The lowest BCUT2D eigenvalue weighted by Gasteiger charge is -2.13. The quantitative estimate of drug-likeness (QED) is 0.720. The lowest BCUT2D eigenvalue weighted by atomic mass is 10.0. The number of hydrogen-bond acceptors (Lipinski definition) is 3. The molecule has 0 radical (unpaired) electrons. The summed E-state index contributed by atoms with van der Waals surface area (Å²) in [6.07, 6.45) is 1.99. The molecule has 1 fully saturated rings. The van der Waals surface area contributed by atoms with Gasteiger partial charge in [0.25, 0.3) is 0 Å². The van der Waals surface area contributed by atoms with Crippen molar-refractivity contribution in [2.45, 2.75) is 18.4 Å². The van der Waals surface area contributed by atoms with Crippen LogP contribution in [0.3, 0.4) is 0 Å². The van der Waals surface area contributed by atoms with Crippen molar-refractivity contribution < 1.29 is 9.84 Å². The molecule has 0 bridgehead atoms. The summed E-state index contributed by atoms with van der Waals surface area (Å²) in [6.45, 7) is 0. The number of rotatable bonds is 2. The highest BCUT2D eigenvalue weighted by Gasteiger charge is 2.42. The maximum atomic E-state index is 9.23. The molecule has 0 aliphatic heterocycles. The zero-order valence-electron chi connectivity index (χ0n) is 7.58. The van der Waals surface area contributed by atoms with Crippen LogP contribution < -0.4 is 10.5 Å². The standard InChI is InChI=1S/C10H13NO2/c1-13-9-6-7(12)2-3-8(9)10(11)4-5-10/h2-3,6,12H,4-5,11H2,1H3. The van der Waals surface area contributed by atoms with Gasteiger partial charge in [-0.3, -0.25) is 0 Å². The Hall–Kier alpha value is -1.22. The number of benzene rings is 1. The second-order valence-corrected chi connectivity index (χ2v) is 3.54. The van der Waals surface area contributed by atoms with Crippen LogP contribution in [-0.2, 0) is 5.54 Å². The van der Waals surface area contributed by atoms with Crippen molar-refractivity contribution in [1.82, 2.24) is 0 Å². The van der Waals surface area contributed by atoms with E-state index in [1.807, 2.05) is 6.07 Å². The number of phenols is 1. The fourth-order valence-electron chi connectivity index (χ4n) is 1.50. The molecule has 0 saturated heterocycles. The Morgan fingerprint density at radius 2 is 2.15 bits per heavy atom. The predicted octanol–water partition coefficient (Wildman–Crippen LogP) is 1.35. The summed E-state index contributed by atoms with van der Waals surface area (Å²) in [5, 5.41) is 9.23. The fourth-order valence-corrected chi connectivity index (χ4v) is 1.50. The van der Waals surface area contributed by atoms with Crippen molar-refractivity contribution in [3.63, 3.8) is 0 Å². The third-order valence-electron chi connectivity index (χ3n) is 2.51. The van der Waals surface area contributed by atoms with Crippen molar-refractivity contribution in [3.05, 3.63) is 23.8 Å². The van der Waals surface area contributed by atoms with Crippen LogP contribution in [0.15, 0.2) is 18.2 Å². The lowest BCUT2D eigenvalue weighted by molar-refractivity contribution is 0.398. The molecule has 3 N–H and O–H groups in total. The summed E-state index contributed by atoms with van der Waals surface area (Å²) in [6, 6.07) is 5.08. The van der Waals surface area contributed by atoms with Crippen LogP contribution in [0.2, 0.25) is 0 Å². The van der Waals surface area contributed by atoms with E-state index in [0.29, 0.717) is 5.75 Å². The fraction of sp³-hybridized carbons (Fsp3) is 0.400. The van der Waals surface area contributed by atoms with Gasteiger partial charge in [0.2, 0.25) is 0 Å². The molecule has 70 valence electrons. The van der Waals surface area contributed by atoms with Gasteiger partial charge in [0, 0.05) is 17.2 Å². The second-order valence-electron chi connectivity index (χ2n) is 3.54. The molecule has 0 atom stereocenters. The van der Waals surface area contributed by atoms with E-state index in [-0.39, 0.29) is 11.3 Å². The molecule has 0 amide bonds. The average Bonchev–Trinajstić information content (AvgIpc) is 2.84. The van der Waals surface area contributed by atoms with Crippen molar-refractivity contribution in [2.75, 3.05) is 7.11 Å². The number of phenolic OH excluding ortho intramolecular Hbond substituents is 1. The number of aromatic hydroxyl groups is 1. The number of methoxy groups -OCH3 is 1. The maximum absolute atomic E-state index is 9.23. The first kappa shape index (κ1) is 8.38. The Bertz CT molecular complexity index is 332. The molecule has 1 aliphatic carbocycles. The first-order valence-electron chi connectivity index (χ1n) is 4.32. The van der Waals surface area contributed by atoms with Gasteiger partial charge in [0.15, 0.2) is 0 Å². The number of hydrogen-bond donors (Lipinski definition) is 2. The molecule has 2 rings (SSSR count). The van der Waals surface area contributed by atoms with Gasteiger partial charge in [0.05, 0.1) is 7.11 Å². The first-order chi connectivity index (χ1) is 6.15. The van der Waals surface area contributed by atoms with Gasteiger partial charge in [0.1, 0.15) is 11.5 Å². The minimum Gasteiger partial charge on any atom is -0.508 e. The Morgan fingerprint density at radius 3 is 2.69 bits per heavy atom. The second kappa shape index (κ2) is 2.64. The van der Waals surface area contributed by atoms with Gasteiger partial charge < -0.3 is 15.6 Å². The van der Waals surface area contributed by atoms with Crippen molar-refractivity contribution in [3.8, 4) is 11.5 Å². The van der Waals surface area contributed by atoms with Crippen LogP contribution in [0, 0.1) is 0 Å². The SMILES string of the molecule is COc1cc(O)ccc1C1(N)CC1. The summed E-state index contributed by atoms with van der Waals surface area (Å²) >= 11 is 0. The Morgan fingerprint density at radius 1 is 1.46 bits per heavy atom. The van der Waals surface area contributed by atoms with E-state index in [1.54, 1.807) is 19.2 Å². The third kappa shape index (κ3) is 1.35. The normalized spacial score (nSPS) is 18.3. The summed E-state index contributed by atoms with van der Waals surface area (Å²) < 4.78 is 5.15. The molecule has 13 heavy (non-hydrogen) atoms. The molecule has 0 heterocycles. The van der Waals surface area contributed by atoms with E-state index in [4.69, 9.17) is 10.5 Å². The first-order valence-corrected chi connectivity index (χ1v) is 4.32. The highest BCUT2D eigenvalue weighted by molar-refractivity contribution is 5.46. The van der Waals surface area contributed by atoms with Crippen LogP contribution in [0.4, 0.5) is 0 Å². The maximum Gasteiger partial charge on any atom is 0.127 e. The van der Waals surface area contributed by atoms with Gasteiger partial charge in [-0.15, -0.1) is 0 Å². The minimum absolute atomic E-state index is 0.209. The molecule has 0 unspecified atom stereocenters. The Labute approximate surface area is 77.1 Å². The van der Waals surface area contributed by atoms with Gasteiger partial charge in [-0.25, -0.2) is 0 Å². The Kier molecular flexibility index (Phi) is 1.70. The molecular formula is C10H13NO2. The molecular weight excluding hydrogens is 166 g/mol. The van der Waals surface area contributed by atoms with Crippen molar-refractivity contribution >= 4 is 0 Å². The highest BCUT2D eigenvalue weighted by atomic mass is 16.5. The highest BCUT2D eigenvalue weighted by Crippen LogP contribution is 2.47. The summed E-state index contributed by atoms with van der Waals surface area (Å²) in [5.41, 5.74) is 6.82. The largest absolute Gasteiger partial charge is 0.508 e. The number of ether oxygens (including phenoxy) is 1. The average molecular weight is 179 g/mol. The molecule has 0 spiro atoms. The van der Waals surface area contributed by atoms with E-state index >= 15 is 0 Å². The zero-order valence-corrected chi connectivity index (χ0v) is 7.58. The van der Waals surface area contributed by atoms with Gasteiger partial charge in [-0.1, -0.05) is 0 Å². The minimum atomic E-state index is -0.209. The van der Waals surface area contributed by atoms with Gasteiger partial charge >= 0.3 is 0 Å². The molecule has 3 nitrogen and oxygen atoms in total. The topological polar surface area (TPSA) is 55.5 Å². The number of nitrogens with two attached hydrogens (primary N) is 1. The van der Waals surface area contributed by atoms with E-state index in [0.717, 1.165) is 18.4 Å². The van der Waals surface area contributed by atoms with Crippen molar-refractivity contribution in [2.24, 2.45) is 5.73 Å². The molecule has 3 heteroatoms. The monoisotopic (exact) mass is 179 g/mol.